The third-order valence-corrected chi connectivity index (χ3v) is 2.42. The molecule has 92 valence electrons. The zero-order valence-electron chi connectivity index (χ0n) is 10.4. The van der Waals surface area contributed by atoms with E-state index in [9.17, 15) is 5.11 Å². The number of ether oxygens (including phenoxy) is 1. The molecule has 0 aromatic carbocycles. The second-order valence-corrected chi connectivity index (χ2v) is 4.35. The van der Waals surface area contributed by atoms with E-state index in [0.717, 1.165) is 18.8 Å². The lowest BCUT2D eigenvalue weighted by Gasteiger charge is -2.22. The van der Waals surface area contributed by atoms with Gasteiger partial charge in [0, 0.05) is 32.0 Å². The molecule has 1 aromatic rings. The average molecular weight is 226 g/mol. The maximum absolute atomic E-state index is 10.1. The summed E-state index contributed by atoms with van der Waals surface area (Å²) in [5.74, 6) is 0.923. The van der Waals surface area contributed by atoms with Crippen LogP contribution in [0.5, 0.6) is 0 Å². The summed E-state index contributed by atoms with van der Waals surface area (Å²) in [4.78, 5) is 4.28. The van der Waals surface area contributed by atoms with E-state index in [1.165, 1.54) is 0 Å². The van der Waals surface area contributed by atoms with Crippen LogP contribution in [0, 0.1) is 0 Å². The summed E-state index contributed by atoms with van der Waals surface area (Å²) in [6.07, 6.45) is 5.33. The van der Waals surface area contributed by atoms with E-state index in [2.05, 4.69) is 16.5 Å². The van der Waals surface area contributed by atoms with Gasteiger partial charge >= 0.3 is 0 Å². The number of aliphatic hydroxyl groups is 1. The molecule has 4 nitrogen and oxygen atoms in total. The van der Waals surface area contributed by atoms with Gasteiger partial charge in [0.1, 0.15) is 5.82 Å². The zero-order chi connectivity index (χ0) is 12.0. The SMILES string of the molecule is CCCn1ccnc1CC(C)(O)COCC. The quantitative estimate of drug-likeness (QED) is 0.768. The van der Waals surface area contributed by atoms with Gasteiger partial charge in [-0.3, -0.25) is 0 Å². The second kappa shape index (κ2) is 6.01. The highest BCUT2D eigenvalue weighted by Gasteiger charge is 2.23. The Bertz CT molecular complexity index is 308. The van der Waals surface area contributed by atoms with Crippen molar-refractivity contribution in [3.8, 4) is 0 Å². The van der Waals surface area contributed by atoms with Crippen molar-refractivity contribution in [3.63, 3.8) is 0 Å². The van der Waals surface area contributed by atoms with Gasteiger partial charge in [0.25, 0.3) is 0 Å². The zero-order valence-corrected chi connectivity index (χ0v) is 10.4. The molecule has 1 aromatic heterocycles. The fraction of sp³-hybridized carbons (Fsp3) is 0.750. The molecule has 0 fully saturated rings. The minimum atomic E-state index is -0.840. The van der Waals surface area contributed by atoms with Gasteiger partial charge in [-0.2, -0.15) is 0 Å². The molecule has 0 saturated heterocycles. The van der Waals surface area contributed by atoms with Crippen LogP contribution < -0.4 is 0 Å². The van der Waals surface area contributed by atoms with Crippen molar-refractivity contribution >= 4 is 0 Å². The molecule has 1 rings (SSSR count). The van der Waals surface area contributed by atoms with Crippen LogP contribution in [0.2, 0.25) is 0 Å². The molecule has 16 heavy (non-hydrogen) atoms. The van der Waals surface area contributed by atoms with Crippen LogP contribution in [0.1, 0.15) is 33.0 Å². The van der Waals surface area contributed by atoms with Crippen LogP contribution in [0.25, 0.3) is 0 Å². The molecule has 0 amide bonds. The number of aromatic nitrogens is 2. The Hall–Kier alpha value is -0.870. The highest BCUT2D eigenvalue weighted by Crippen LogP contribution is 2.13. The lowest BCUT2D eigenvalue weighted by molar-refractivity contribution is -0.0313. The van der Waals surface area contributed by atoms with Gasteiger partial charge in [-0.15, -0.1) is 0 Å². The average Bonchev–Trinajstić information content (AvgIpc) is 2.63. The maximum Gasteiger partial charge on any atom is 0.111 e. The molecule has 0 aliphatic rings. The van der Waals surface area contributed by atoms with Gasteiger partial charge in [0.15, 0.2) is 0 Å². The van der Waals surface area contributed by atoms with E-state index < -0.39 is 5.60 Å². The third-order valence-electron chi connectivity index (χ3n) is 2.42. The number of nitrogens with zero attached hydrogens (tertiary/aromatic N) is 2. The molecule has 0 aliphatic heterocycles. The minimum Gasteiger partial charge on any atom is -0.387 e. The van der Waals surface area contributed by atoms with Crippen LogP contribution in [0.4, 0.5) is 0 Å². The van der Waals surface area contributed by atoms with E-state index in [1.54, 1.807) is 13.1 Å². The van der Waals surface area contributed by atoms with Gasteiger partial charge in [-0.25, -0.2) is 4.98 Å². The number of rotatable bonds is 7. The fourth-order valence-corrected chi connectivity index (χ4v) is 1.67. The normalized spacial score (nSPS) is 15.0. The first-order chi connectivity index (χ1) is 7.59. The molecule has 1 atom stereocenters. The molecule has 1 unspecified atom stereocenters. The minimum absolute atomic E-state index is 0.350. The predicted molar refractivity (Wildman–Crippen MR) is 63.3 cm³/mol. The van der Waals surface area contributed by atoms with E-state index in [1.807, 2.05) is 13.1 Å². The van der Waals surface area contributed by atoms with Crippen LogP contribution >= 0.6 is 0 Å². The smallest absolute Gasteiger partial charge is 0.111 e. The first-order valence-electron chi connectivity index (χ1n) is 5.89. The van der Waals surface area contributed by atoms with Crippen molar-refractivity contribution in [2.24, 2.45) is 0 Å². The van der Waals surface area contributed by atoms with Crippen LogP contribution in [0.15, 0.2) is 12.4 Å². The topological polar surface area (TPSA) is 47.3 Å². The first kappa shape index (κ1) is 13.2. The summed E-state index contributed by atoms with van der Waals surface area (Å²) >= 11 is 0. The molecular weight excluding hydrogens is 204 g/mol. The lowest BCUT2D eigenvalue weighted by atomic mass is 10.0. The Morgan fingerprint density at radius 3 is 2.88 bits per heavy atom. The number of hydrogen-bond acceptors (Lipinski definition) is 3. The van der Waals surface area contributed by atoms with Gasteiger partial charge in [0.2, 0.25) is 0 Å². The Morgan fingerprint density at radius 1 is 1.50 bits per heavy atom. The molecule has 0 aliphatic carbocycles. The molecular formula is C12H22N2O2. The Labute approximate surface area is 97.3 Å². The highest BCUT2D eigenvalue weighted by molar-refractivity contribution is 4.97. The molecule has 1 heterocycles. The molecule has 4 heteroatoms. The molecule has 0 radical (unpaired) electrons. The summed E-state index contributed by atoms with van der Waals surface area (Å²) in [7, 11) is 0. The van der Waals surface area contributed by atoms with Gasteiger partial charge in [-0.05, 0) is 20.3 Å². The molecule has 0 bridgehead atoms. The summed E-state index contributed by atoms with van der Waals surface area (Å²) in [5, 5.41) is 10.1. The Morgan fingerprint density at radius 2 is 2.25 bits per heavy atom. The van der Waals surface area contributed by atoms with E-state index >= 15 is 0 Å². The second-order valence-electron chi connectivity index (χ2n) is 4.35. The molecule has 0 spiro atoms. The Kier molecular flexibility index (Phi) is 4.96. The first-order valence-corrected chi connectivity index (χ1v) is 5.89. The summed E-state index contributed by atoms with van der Waals surface area (Å²) < 4.78 is 7.34. The largest absolute Gasteiger partial charge is 0.387 e. The summed E-state index contributed by atoms with van der Waals surface area (Å²) in [6, 6.07) is 0. The summed E-state index contributed by atoms with van der Waals surface area (Å²) in [5.41, 5.74) is -0.840. The maximum atomic E-state index is 10.1. The van der Waals surface area contributed by atoms with Crippen molar-refractivity contribution < 1.29 is 9.84 Å². The molecule has 1 N–H and O–H groups in total. The van der Waals surface area contributed by atoms with Crippen LogP contribution in [0.3, 0.4) is 0 Å². The third kappa shape index (κ3) is 3.94. The van der Waals surface area contributed by atoms with Crippen molar-refractivity contribution in [1.29, 1.82) is 0 Å². The lowest BCUT2D eigenvalue weighted by Crippen LogP contribution is -2.34. The Balaban J connectivity index is 2.60. The van der Waals surface area contributed by atoms with E-state index in [-0.39, 0.29) is 0 Å². The number of imidazole rings is 1. The van der Waals surface area contributed by atoms with E-state index in [4.69, 9.17) is 4.74 Å². The fourth-order valence-electron chi connectivity index (χ4n) is 1.67. The van der Waals surface area contributed by atoms with Crippen LogP contribution in [-0.4, -0.2) is 33.5 Å². The van der Waals surface area contributed by atoms with Gasteiger partial charge in [0.05, 0.1) is 12.2 Å². The standard InChI is InChI=1S/C12H22N2O2/c1-4-7-14-8-6-13-11(14)9-12(3,15)10-16-5-2/h6,8,15H,4-5,7,9-10H2,1-3H3. The van der Waals surface area contributed by atoms with Crippen LogP contribution in [-0.2, 0) is 17.7 Å². The van der Waals surface area contributed by atoms with Crippen molar-refractivity contribution in [2.75, 3.05) is 13.2 Å². The molecule has 0 saturated carbocycles. The van der Waals surface area contributed by atoms with E-state index in [0.29, 0.717) is 19.6 Å². The van der Waals surface area contributed by atoms with Gasteiger partial charge < -0.3 is 14.4 Å². The van der Waals surface area contributed by atoms with Crippen molar-refractivity contribution in [2.45, 2.75) is 45.8 Å². The predicted octanol–water partition coefficient (Wildman–Crippen LogP) is 1.62. The monoisotopic (exact) mass is 226 g/mol. The highest BCUT2D eigenvalue weighted by atomic mass is 16.5. The summed E-state index contributed by atoms with van der Waals surface area (Å²) in [6.45, 7) is 7.76. The number of hydrogen-bond donors (Lipinski definition) is 1. The van der Waals surface area contributed by atoms with Gasteiger partial charge in [-0.1, -0.05) is 6.92 Å². The van der Waals surface area contributed by atoms with Crippen molar-refractivity contribution in [3.05, 3.63) is 18.2 Å². The number of aryl methyl sites for hydroxylation is 1. The van der Waals surface area contributed by atoms with Crippen molar-refractivity contribution in [1.82, 2.24) is 9.55 Å².